The molecule has 2 heterocycles. The summed E-state index contributed by atoms with van der Waals surface area (Å²) in [4.78, 5) is 0. The third kappa shape index (κ3) is 1.05. The molecule has 2 nitrogen and oxygen atoms in total. The van der Waals surface area contributed by atoms with Gasteiger partial charge in [0.05, 0.1) is 5.69 Å². The normalized spacial score (nSPS) is 29.2. The van der Waals surface area contributed by atoms with Crippen LogP contribution in [-0.4, -0.2) is 19.1 Å². The van der Waals surface area contributed by atoms with E-state index in [9.17, 15) is 4.39 Å². The van der Waals surface area contributed by atoms with Crippen molar-refractivity contribution in [3.63, 3.8) is 0 Å². The lowest BCUT2D eigenvalue weighted by Gasteiger charge is -2.26. The molecule has 3 heteroatoms. The zero-order valence-corrected chi connectivity index (χ0v) is 7.89. The number of nitrogens with one attached hydrogen (secondary N) is 2. The molecule has 2 aliphatic rings. The molecule has 1 saturated heterocycles. The van der Waals surface area contributed by atoms with Gasteiger partial charge < -0.3 is 10.6 Å². The Balaban J connectivity index is 2.05. The average Bonchev–Trinajstić information content (AvgIpc) is 2.59. The second-order valence-electron chi connectivity index (χ2n) is 4.05. The third-order valence-corrected chi connectivity index (χ3v) is 3.26. The van der Waals surface area contributed by atoms with Gasteiger partial charge in [-0.2, -0.15) is 0 Å². The van der Waals surface area contributed by atoms with Crippen LogP contribution in [0.4, 0.5) is 10.1 Å². The minimum Gasteiger partial charge on any atom is -0.378 e. The van der Waals surface area contributed by atoms with E-state index < -0.39 is 0 Å². The Labute approximate surface area is 82.5 Å². The smallest absolute Gasteiger partial charge is 0.146 e. The van der Waals surface area contributed by atoms with Crippen LogP contribution in [0, 0.1) is 5.82 Å². The van der Waals surface area contributed by atoms with Crippen molar-refractivity contribution in [2.24, 2.45) is 0 Å². The van der Waals surface area contributed by atoms with E-state index in [1.165, 1.54) is 6.07 Å². The van der Waals surface area contributed by atoms with Crippen molar-refractivity contribution in [3.8, 4) is 0 Å². The van der Waals surface area contributed by atoms with Gasteiger partial charge in [0.1, 0.15) is 5.82 Å². The molecule has 14 heavy (non-hydrogen) atoms. The van der Waals surface area contributed by atoms with E-state index >= 15 is 0 Å². The molecule has 2 aliphatic heterocycles. The number of hydrogen-bond acceptors (Lipinski definition) is 2. The maximum atomic E-state index is 13.4. The number of rotatable bonds is 0. The molecular weight excluding hydrogens is 179 g/mol. The minimum absolute atomic E-state index is 0.114. The second-order valence-corrected chi connectivity index (χ2v) is 4.05. The molecule has 2 unspecified atom stereocenters. The molecule has 0 amide bonds. The zero-order valence-electron chi connectivity index (χ0n) is 7.89. The molecule has 74 valence electrons. The van der Waals surface area contributed by atoms with E-state index in [1.807, 2.05) is 6.07 Å². The van der Waals surface area contributed by atoms with Crippen molar-refractivity contribution in [2.75, 3.05) is 18.4 Å². The van der Waals surface area contributed by atoms with Crippen molar-refractivity contribution < 1.29 is 4.39 Å². The molecule has 2 atom stereocenters. The van der Waals surface area contributed by atoms with Gasteiger partial charge in [-0.15, -0.1) is 0 Å². The molecular formula is C11H13FN2. The molecule has 1 fully saturated rings. The molecule has 3 rings (SSSR count). The first-order valence-electron chi connectivity index (χ1n) is 5.12. The Kier molecular flexibility index (Phi) is 1.74. The summed E-state index contributed by atoms with van der Waals surface area (Å²) in [6.07, 6.45) is 1.11. The van der Waals surface area contributed by atoms with Gasteiger partial charge in [-0.25, -0.2) is 4.39 Å². The van der Waals surface area contributed by atoms with Gasteiger partial charge in [-0.1, -0.05) is 12.1 Å². The summed E-state index contributed by atoms with van der Waals surface area (Å²) in [5.74, 6) is 0.388. The van der Waals surface area contributed by atoms with Crippen LogP contribution in [0.1, 0.15) is 17.9 Å². The van der Waals surface area contributed by atoms with Crippen molar-refractivity contribution in [1.82, 2.24) is 5.32 Å². The first kappa shape index (κ1) is 8.24. The summed E-state index contributed by atoms with van der Waals surface area (Å²) in [5, 5.41) is 6.59. The van der Waals surface area contributed by atoms with Gasteiger partial charge in [0, 0.05) is 18.5 Å². The number of halogens is 1. The Morgan fingerprint density at radius 2 is 2.29 bits per heavy atom. The SMILES string of the molecule is Fc1cccc2c1NC1CNCCC21. The summed E-state index contributed by atoms with van der Waals surface area (Å²) in [6, 6.07) is 5.76. The Hall–Kier alpha value is -1.09. The van der Waals surface area contributed by atoms with Crippen molar-refractivity contribution >= 4 is 5.69 Å². The number of piperidine rings is 1. The number of anilines is 1. The maximum absolute atomic E-state index is 13.4. The highest BCUT2D eigenvalue weighted by atomic mass is 19.1. The summed E-state index contributed by atoms with van der Waals surface area (Å²) in [6.45, 7) is 1.98. The lowest BCUT2D eigenvalue weighted by atomic mass is 9.89. The number of benzene rings is 1. The van der Waals surface area contributed by atoms with Crippen LogP contribution in [0.2, 0.25) is 0 Å². The van der Waals surface area contributed by atoms with Crippen LogP contribution < -0.4 is 10.6 Å². The van der Waals surface area contributed by atoms with Crippen LogP contribution in [0.25, 0.3) is 0 Å². The highest BCUT2D eigenvalue weighted by molar-refractivity contribution is 5.60. The lowest BCUT2D eigenvalue weighted by molar-refractivity contribution is 0.439. The molecule has 1 aromatic rings. The predicted octanol–water partition coefficient (Wildman–Crippen LogP) is 1.70. The van der Waals surface area contributed by atoms with Gasteiger partial charge in [-0.3, -0.25) is 0 Å². The first-order chi connectivity index (χ1) is 6.86. The Morgan fingerprint density at radius 3 is 3.21 bits per heavy atom. The van der Waals surface area contributed by atoms with E-state index in [0.717, 1.165) is 30.8 Å². The van der Waals surface area contributed by atoms with Crippen LogP contribution in [-0.2, 0) is 0 Å². The molecule has 0 spiro atoms. The summed E-state index contributed by atoms with van der Waals surface area (Å²) in [5.41, 5.74) is 1.89. The lowest BCUT2D eigenvalue weighted by Crippen LogP contribution is -2.40. The second kappa shape index (κ2) is 2.95. The van der Waals surface area contributed by atoms with Gasteiger partial charge in [0.15, 0.2) is 0 Å². The van der Waals surface area contributed by atoms with Gasteiger partial charge >= 0.3 is 0 Å². The fraction of sp³-hybridized carbons (Fsp3) is 0.455. The predicted molar refractivity (Wildman–Crippen MR) is 54.0 cm³/mol. The standard InChI is InChI=1S/C11H13FN2/c12-9-3-1-2-8-7-4-5-13-6-10(7)14-11(8)9/h1-3,7,10,13-14H,4-6H2. The van der Waals surface area contributed by atoms with E-state index in [-0.39, 0.29) is 5.82 Å². The zero-order chi connectivity index (χ0) is 9.54. The molecule has 0 aromatic heterocycles. The largest absolute Gasteiger partial charge is 0.378 e. The fourth-order valence-corrected chi connectivity index (χ4v) is 2.57. The molecule has 2 N–H and O–H groups in total. The molecule has 0 bridgehead atoms. The number of hydrogen-bond donors (Lipinski definition) is 2. The highest BCUT2D eigenvalue weighted by Gasteiger charge is 2.34. The summed E-state index contributed by atoms with van der Waals surface area (Å²) >= 11 is 0. The van der Waals surface area contributed by atoms with Crippen molar-refractivity contribution in [1.29, 1.82) is 0 Å². The molecule has 0 saturated carbocycles. The van der Waals surface area contributed by atoms with Crippen molar-refractivity contribution in [3.05, 3.63) is 29.6 Å². The van der Waals surface area contributed by atoms with Gasteiger partial charge in [0.2, 0.25) is 0 Å². The molecule has 0 aliphatic carbocycles. The van der Waals surface area contributed by atoms with Crippen LogP contribution >= 0.6 is 0 Å². The summed E-state index contributed by atoms with van der Waals surface area (Å²) < 4.78 is 13.4. The van der Waals surface area contributed by atoms with Crippen LogP contribution in [0.3, 0.4) is 0 Å². The van der Waals surface area contributed by atoms with E-state index in [1.54, 1.807) is 6.07 Å². The number of para-hydroxylation sites is 1. The maximum Gasteiger partial charge on any atom is 0.146 e. The molecule has 1 aromatic carbocycles. The average molecular weight is 192 g/mol. The quantitative estimate of drug-likeness (QED) is 0.653. The third-order valence-electron chi connectivity index (χ3n) is 3.26. The van der Waals surface area contributed by atoms with Gasteiger partial charge in [0.25, 0.3) is 0 Å². The van der Waals surface area contributed by atoms with E-state index in [0.29, 0.717) is 12.0 Å². The van der Waals surface area contributed by atoms with E-state index in [4.69, 9.17) is 0 Å². The Morgan fingerprint density at radius 1 is 1.36 bits per heavy atom. The molecule has 0 radical (unpaired) electrons. The van der Waals surface area contributed by atoms with Crippen LogP contribution in [0.15, 0.2) is 18.2 Å². The summed E-state index contributed by atoms with van der Waals surface area (Å²) in [7, 11) is 0. The monoisotopic (exact) mass is 192 g/mol. The minimum atomic E-state index is -0.114. The van der Waals surface area contributed by atoms with E-state index in [2.05, 4.69) is 10.6 Å². The fourth-order valence-electron chi connectivity index (χ4n) is 2.57. The first-order valence-corrected chi connectivity index (χ1v) is 5.12. The van der Waals surface area contributed by atoms with Crippen LogP contribution in [0.5, 0.6) is 0 Å². The Bertz CT molecular complexity index is 364. The van der Waals surface area contributed by atoms with Gasteiger partial charge in [-0.05, 0) is 24.6 Å². The van der Waals surface area contributed by atoms with Crippen molar-refractivity contribution in [2.45, 2.75) is 18.4 Å². The highest BCUT2D eigenvalue weighted by Crippen LogP contribution is 2.40. The number of fused-ring (bicyclic) bond motifs is 3. The topological polar surface area (TPSA) is 24.1 Å².